The van der Waals surface area contributed by atoms with Gasteiger partial charge in [0.15, 0.2) is 18.1 Å². The van der Waals surface area contributed by atoms with Gasteiger partial charge in [-0.25, -0.2) is 4.79 Å². The van der Waals surface area contributed by atoms with Crippen LogP contribution in [-0.4, -0.2) is 25.6 Å². The number of methoxy groups -OCH3 is 1. The van der Waals surface area contributed by atoms with Gasteiger partial charge in [-0.1, -0.05) is 36.4 Å². The van der Waals surface area contributed by atoms with Gasteiger partial charge < -0.3 is 24.4 Å². The van der Waals surface area contributed by atoms with Crippen molar-refractivity contribution in [1.82, 2.24) is 0 Å². The number of amides is 1. The van der Waals surface area contributed by atoms with Crippen LogP contribution in [0.4, 0.5) is 0 Å². The first kappa shape index (κ1) is 23.2. The molecule has 8 nitrogen and oxygen atoms in total. The highest BCUT2D eigenvalue weighted by Crippen LogP contribution is 2.48. The topological polar surface area (TPSA) is 118 Å². The van der Waals surface area contributed by atoms with Crippen LogP contribution in [-0.2, 0) is 9.59 Å². The number of carbonyl (C=O) groups excluding carboxylic acids is 2. The average Bonchev–Trinajstić information content (AvgIpc) is 2.86. The first-order valence-corrected chi connectivity index (χ1v) is 11.3. The minimum absolute atomic E-state index is 0.0956. The van der Waals surface area contributed by atoms with Gasteiger partial charge in [0.1, 0.15) is 11.3 Å². The van der Waals surface area contributed by atoms with E-state index in [-0.39, 0.29) is 18.9 Å². The van der Waals surface area contributed by atoms with Crippen LogP contribution in [0.25, 0.3) is 22.1 Å². The van der Waals surface area contributed by atoms with Crippen molar-refractivity contribution in [3.8, 4) is 28.4 Å². The first-order chi connectivity index (χ1) is 17.4. The minimum Gasteiger partial charge on any atom is -0.493 e. The third-order valence-corrected chi connectivity index (χ3v) is 6.21. The van der Waals surface area contributed by atoms with Crippen molar-refractivity contribution < 1.29 is 28.2 Å². The van der Waals surface area contributed by atoms with Crippen molar-refractivity contribution in [1.29, 1.82) is 0 Å². The first-order valence-electron chi connectivity index (χ1n) is 11.3. The molecule has 0 bridgehead atoms. The number of rotatable bonds is 6. The second-order valence-electron chi connectivity index (χ2n) is 8.55. The molecule has 4 aromatic rings. The summed E-state index contributed by atoms with van der Waals surface area (Å²) in [6.07, 6.45) is 0.0956. The molecule has 0 radical (unpaired) electrons. The third kappa shape index (κ3) is 4.17. The number of esters is 1. The number of fused-ring (bicyclic) bond motifs is 3. The molecule has 36 heavy (non-hydrogen) atoms. The van der Waals surface area contributed by atoms with Gasteiger partial charge in [-0.3, -0.25) is 9.59 Å². The van der Waals surface area contributed by atoms with Gasteiger partial charge in [-0.15, -0.1) is 0 Å². The highest BCUT2D eigenvalue weighted by Gasteiger charge is 2.33. The normalized spacial score (nSPS) is 14.7. The molecule has 3 aromatic carbocycles. The van der Waals surface area contributed by atoms with Crippen molar-refractivity contribution >= 4 is 22.8 Å². The van der Waals surface area contributed by atoms with Crippen LogP contribution in [0.15, 0.2) is 69.9 Å². The van der Waals surface area contributed by atoms with Crippen LogP contribution in [0.5, 0.6) is 17.2 Å². The summed E-state index contributed by atoms with van der Waals surface area (Å²) in [5, 5.41) is 0.554. The van der Waals surface area contributed by atoms with E-state index < -0.39 is 17.5 Å². The number of carbonyl (C=O) groups is 2. The van der Waals surface area contributed by atoms with Crippen molar-refractivity contribution in [3.05, 3.63) is 87.8 Å². The number of ether oxygens (including phenoxy) is 3. The Balaban J connectivity index is 1.73. The van der Waals surface area contributed by atoms with E-state index in [1.807, 2.05) is 43.3 Å². The molecule has 1 aliphatic rings. The lowest BCUT2D eigenvalue weighted by molar-refractivity contribution is -0.135. The zero-order valence-corrected chi connectivity index (χ0v) is 19.7. The van der Waals surface area contributed by atoms with Crippen LogP contribution in [0.2, 0.25) is 0 Å². The van der Waals surface area contributed by atoms with Gasteiger partial charge in [-0.2, -0.15) is 0 Å². The Bertz CT molecular complexity index is 1560. The van der Waals surface area contributed by atoms with E-state index in [9.17, 15) is 14.4 Å². The van der Waals surface area contributed by atoms with E-state index in [0.717, 1.165) is 22.3 Å². The molecule has 2 N–H and O–H groups in total. The zero-order valence-electron chi connectivity index (χ0n) is 19.7. The quantitative estimate of drug-likeness (QED) is 0.248. The predicted molar refractivity (Wildman–Crippen MR) is 132 cm³/mol. The van der Waals surface area contributed by atoms with Crippen LogP contribution >= 0.6 is 0 Å². The molecule has 1 amide bonds. The molecule has 1 aliphatic heterocycles. The fourth-order valence-corrected chi connectivity index (χ4v) is 4.70. The molecule has 0 saturated carbocycles. The molecular weight excluding hydrogens is 462 g/mol. The lowest BCUT2D eigenvalue weighted by atomic mass is 9.82. The Hall–Kier alpha value is -4.59. The highest BCUT2D eigenvalue weighted by atomic mass is 16.5. The Labute approximate surface area is 206 Å². The van der Waals surface area contributed by atoms with Gasteiger partial charge in [-0.05, 0) is 41.8 Å². The molecule has 1 atom stereocenters. The van der Waals surface area contributed by atoms with Crippen LogP contribution in [0.3, 0.4) is 0 Å². The third-order valence-electron chi connectivity index (χ3n) is 6.21. The van der Waals surface area contributed by atoms with Crippen molar-refractivity contribution in [2.75, 3.05) is 13.7 Å². The van der Waals surface area contributed by atoms with Crippen molar-refractivity contribution in [2.24, 2.45) is 5.73 Å². The number of benzene rings is 3. The van der Waals surface area contributed by atoms with Crippen LogP contribution < -0.4 is 25.6 Å². The number of nitrogens with two attached hydrogens (primary N) is 1. The molecule has 2 heterocycles. The lowest BCUT2D eigenvalue weighted by Gasteiger charge is -2.28. The standard InChI is InChI=1S/C28H23NO7/c1-15-10-22-27(18(12-24(31)35-22)16-6-4-3-5-7-16)28-26(15)19(13-25(32)36-28)17-8-9-20(33-2)21(11-17)34-14-23(29)30/h3-12,19H,13-14H2,1-2H3,(H2,29,30). The number of aryl methyl sites for hydroxylation is 1. The molecule has 1 aromatic heterocycles. The molecule has 0 spiro atoms. The summed E-state index contributed by atoms with van der Waals surface area (Å²) in [4.78, 5) is 36.5. The van der Waals surface area contributed by atoms with Gasteiger partial charge in [0.05, 0.1) is 18.9 Å². The molecule has 5 rings (SSSR count). The highest BCUT2D eigenvalue weighted by molar-refractivity contribution is 6.01. The maximum Gasteiger partial charge on any atom is 0.336 e. The lowest BCUT2D eigenvalue weighted by Crippen LogP contribution is -2.23. The maximum atomic E-state index is 12.9. The van der Waals surface area contributed by atoms with E-state index in [4.69, 9.17) is 24.4 Å². The summed E-state index contributed by atoms with van der Waals surface area (Å²) in [5.74, 6) is -0.274. The van der Waals surface area contributed by atoms with Crippen LogP contribution in [0.1, 0.15) is 29.0 Å². The second kappa shape index (κ2) is 9.22. The number of hydrogen-bond acceptors (Lipinski definition) is 7. The summed E-state index contributed by atoms with van der Waals surface area (Å²) >= 11 is 0. The summed E-state index contributed by atoms with van der Waals surface area (Å²) < 4.78 is 22.3. The Morgan fingerprint density at radius 3 is 2.56 bits per heavy atom. The largest absolute Gasteiger partial charge is 0.493 e. The average molecular weight is 485 g/mol. The molecular formula is C28H23NO7. The molecule has 1 unspecified atom stereocenters. The minimum atomic E-state index is -0.619. The van der Waals surface area contributed by atoms with Crippen molar-refractivity contribution in [3.63, 3.8) is 0 Å². The summed E-state index contributed by atoms with van der Waals surface area (Å²) in [6.45, 7) is 1.57. The summed E-state index contributed by atoms with van der Waals surface area (Å²) in [5.41, 5.74) is 8.88. The molecule has 0 aliphatic carbocycles. The molecule has 0 saturated heterocycles. The SMILES string of the molecule is COc1ccc(C2CC(=O)Oc3c2c(C)cc2oc(=O)cc(-c4ccccc4)c32)cc1OCC(N)=O. The molecule has 8 heteroatoms. The Morgan fingerprint density at radius 2 is 1.83 bits per heavy atom. The summed E-state index contributed by atoms with van der Waals surface area (Å²) in [6, 6.07) is 17.9. The van der Waals surface area contributed by atoms with E-state index in [0.29, 0.717) is 33.8 Å². The maximum absolute atomic E-state index is 12.9. The van der Waals surface area contributed by atoms with Gasteiger partial charge >= 0.3 is 11.6 Å². The monoisotopic (exact) mass is 485 g/mol. The molecule has 0 fully saturated rings. The van der Waals surface area contributed by atoms with Gasteiger partial charge in [0.25, 0.3) is 5.91 Å². The fourth-order valence-electron chi connectivity index (χ4n) is 4.70. The van der Waals surface area contributed by atoms with Crippen LogP contribution in [0, 0.1) is 6.92 Å². The number of primary amides is 1. The summed E-state index contributed by atoms with van der Waals surface area (Å²) in [7, 11) is 1.49. The predicted octanol–water partition coefficient (Wildman–Crippen LogP) is 4.08. The second-order valence-corrected chi connectivity index (χ2v) is 8.55. The van der Waals surface area contributed by atoms with Gasteiger partial charge in [0, 0.05) is 23.1 Å². The number of hydrogen-bond donors (Lipinski definition) is 1. The van der Waals surface area contributed by atoms with E-state index in [2.05, 4.69) is 0 Å². The van der Waals surface area contributed by atoms with Crippen molar-refractivity contribution in [2.45, 2.75) is 19.3 Å². The van der Waals surface area contributed by atoms with E-state index in [1.165, 1.54) is 13.2 Å². The Kier molecular flexibility index (Phi) is 5.93. The zero-order chi connectivity index (χ0) is 25.4. The Morgan fingerprint density at radius 1 is 1.06 bits per heavy atom. The van der Waals surface area contributed by atoms with E-state index >= 15 is 0 Å². The smallest absolute Gasteiger partial charge is 0.336 e. The molecule has 182 valence electrons. The van der Waals surface area contributed by atoms with Gasteiger partial charge in [0.2, 0.25) is 0 Å². The fraction of sp³-hybridized carbons (Fsp3) is 0.179. The van der Waals surface area contributed by atoms with E-state index in [1.54, 1.807) is 18.2 Å².